The van der Waals surface area contributed by atoms with E-state index in [1.165, 1.54) is 12.1 Å². The van der Waals surface area contributed by atoms with Crippen molar-refractivity contribution in [2.75, 3.05) is 26.0 Å². The lowest BCUT2D eigenvalue weighted by Gasteiger charge is -2.10. The topological polar surface area (TPSA) is 20.3 Å². The fourth-order valence-corrected chi connectivity index (χ4v) is 1.74. The Morgan fingerprint density at radius 2 is 1.82 bits per heavy atom. The smallest absolute Gasteiger partial charge is 0.179 e. The molecule has 5 heteroatoms. The molecule has 0 amide bonds. The summed E-state index contributed by atoms with van der Waals surface area (Å²) in [5.74, 6) is -2.16. The number of benzene rings is 1. The van der Waals surface area contributed by atoms with E-state index >= 15 is 0 Å². The summed E-state index contributed by atoms with van der Waals surface area (Å²) in [5, 5.41) is -0.0854. The fourth-order valence-electron chi connectivity index (χ4n) is 1.46. The van der Waals surface area contributed by atoms with E-state index < -0.39 is 23.0 Å². The standard InChI is InChI=1S/C12H14BrF2NO/c1-16(2)4-3-8-5-9(14)12(10(15)6-8)11(17)7-13/h5-6H,3-4,7H2,1-2H3. The molecule has 0 fully saturated rings. The first-order valence-corrected chi connectivity index (χ1v) is 6.29. The van der Waals surface area contributed by atoms with Gasteiger partial charge in [0.1, 0.15) is 11.6 Å². The predicted octanol–water partition coefficient (Wildman–Crippen LogP) is 2.65. The van der Waals surface area contributed by atoms with Crippen LogP contribution >= 0.6 is 15.9 Å². The Morgan fingerprint density at radius 1 is 1.29 bits per heavy atom. The summed E-state index contributed by atoms with van der Waals surface area (Å²) in [5.41, 5.74) is 0.0929. The number of rotatable bonds is 5. The molecule has 2 nitrogen and oxygen atoms in total. The average Bonchev–Trinajstić information content (AvgIpc) is 2.25. The molecule has 0 aromatic heterocycles. The molecule has 1 rings (SSSR count). The quantitative estimate of drug-likeness (QED) is 0.616. The highest BCUT2D eigenvalue weighted by Gasteiger charge is 2.17. The van der Waals surface area contributed by atoms with Crippen LogP contribution in [0.5, 0.6) is 0 Å². The molecule has 0 aliphatic carbocycles. The minimum Gasteiger partial charge on any atom is -0.309 e. The lowest BCUT2D eigenvalue weighted by Crippen LogP contribution is -2.16. The Labute approximate surface area is 108 Å². The van der Waals surface area contributed by atoms with E-state index in [9.17, 15) is 13.6 Å². The van der Waals surface area contributed by atoms with Gasteiger partial charge in [-0.15, -0.1) is 0 Å². The van der Waals surface area contributed by atoms with Gasteiger partial charge in [0.2, 0.25) is 0 Å². The molecule has 1 aromatic carbocycles. The SMILES string of the molecule is CN(C)CCc1cc(F)c(C(=O)CBr)c(F)c1. The molecule has 0 heterocycles. The van der Waals surface area contributed by atoms with Crippen molar-refractivity contribution in [3.8, 4) is 0 Å². The van der Waals surface area contributed by atoms with Crippen LogP contribution in [0.15, 0.2) is 12.1 Å². The zero-order chi connectivity index (χ0) is 13.0. The van der Waals surface area contributed by atoms with Gasteiger partial charge in [-0.2, -0.15) is 0 Å². The maximum atomic E-state index is 13.6. The van der Waals surface area contributed by atoms with E-state index in [0.29, 0.717) is 18.5 Å². The van der Waals surface area contributed by atoms with Crippen LogP contribution < -0.4 is 0 Å². The van der Waals surface area contributed by atoms with Crippen LogP contribution in [0.25, 0.3) is 0 Å². The van der Waals surface area contributed by atoms with E-state index in [1.54, 1.807) is 0 Å². The number of carbonyl (C=O) groups is 1. The average molecular weight is 306 g/mol. The third-order valence-corrected chi connectivity index (χ3v) is 2.86. The molecule has 0 radical (unpaired) electrons. The summed E-state index contributed by atoms with van der Waals surface area (Å²) in [4.78, 5) is 13.2. The van der Waals surface area contributed by atoms with Gasteiger partial charge in [0.05, 0.1) is 10.9 Å². The summed E-state index contributed by atoms with van der Waals surface area (Å²) in [7, 11) is 3.77. The normalized spacial score (nSPS) is 10.9. The third kappa shape index (κ3) is 3.85. The number of Topliss-reactive ketones (excluding diaryl/α,β-unsaturated/α-hetero) is 1. The van der Waals surface area contributed by atoms with Gasteiger partial charge < -0.3 is 4.90 Å². The Bertz CT molecular complexity index is 398. The van der Waals surface area contributed by atoms with Gasteiger partial charge >= 0.3 is 0 Å². The maximum absolute atomic E-state index is 13.6. The van der Waals surface area contributed by atoms with E-state index in [-0.39, 0.29) is 5.33 Å². The highest BCUT2D eigenvalue weighted by Crippen LogP contribution is 2.17. The number of carbonyl (C=O) groups excluding carboxylic acids is 1. The second-order valence-electron chi connectivity index (χ2n) is 4.04. The summed E-state index contributed by atoms with van der Waals surface area (Å²) in [6.07, 6.45) is 0.545. The minimum absolute atomic E-state index is 0.0854. The number of hydrogen-bond acceptors (Lipinski definition) is 2. The van der Waals surface area contributed by atoms with Crippen LogP contribution in [-0.2, 0) is 6.42 Å². The van der Waals surface area contributed by atoms with Crippen molar-refractivity contribution < 1.29 is 13.6 Å². The first kappa shape index (κ1) is 14.3. The summed E-state index contributed by atoms with van der Waals surface area (Å²) in [6, 6.07) is 2.45. The van der Waals surface area contributed by atoms with Gasteiger partial charge in [-0.05, 0) is 38.2 Å². The van der Waals surface area contributed by atoms with Crippen LogP contribution in [0, 0.1) is 11.6 Å². The van der Waals surface area contributed by atoms with Crippen molar-refractivity contribution in [2.45, 2.75) is 6.42 Å². The molecular weight excluding hydrogens is 292 g/mol. The molecule has 0 N–H and O–H groups in total. The first-order valence-electron chi connectivity index (χ1n) is 5.17. The molecular formula is C12H14BrF2NO. The third-order valence-electron chi connectivity index (χ3n) is 2.35. The fraction of sp³-hybridized carbons (Fsp3) is 0.417. The highest BCUT2D eigenvalue weighted by atomic mass is 79.9. The van der Waals surface area contributed by atoms with Gasteiger partial charge in [0.15, 0.2) is 5.78 Å². The second-order valence-corrected chi connectivity index (χ2v) is 4.61. The van der Waals surface area contributed by atoms with Gasteiger partial charge in [0, 0.05) is 6.54 Å². The van der Waals surface area contributed by atoms with Gasteiger partial charge in [-0.25, -0.2) is 8.78 Å². The van der Waals surface area contributed by atoms with Crippen molar-refractivity contribution >= 4 is 21.7 Å². The lowest BCUT2D eigenvalue weighted by molar-refractivity contribution is 0.101. The van der Waals surface area contributed by atoms with Crippen molar-refractivity contribution in [3.05, 3.63) is 34.9 Å². The Morgan fingerprint density at radius 3 is 2.24 bits per heavy atom. The minimum atomic E-state index is -0.789. The van der Waals surface area contributed by atoms with E-state index in [2.05, 4.69) is 15.9 Å². The van der Waals surface area contributed by atoms with Crippen molar-refractivity contribution in [1.29, 1.82) is 0 Å². The molecule has 0 bridgehead atoms. The van der Waals surface area contributed by atoms with E-state index in [0.717, 1.165) is 0 Å². The molecule has 0 atom stereocenters. The Hall–Kier alpha value is -0.810. The molecule has 1 aromatic rings. The van der Waals surface area contributed by atoms with Crippen LogP contribution in [0.4, 0.5) is 8.78 Å². The Kier molecular flexibility index (Phi) is 5.21. The molecule has 0 spiro atoms. The first-order chi connectivity index (χ1) is 7.95. The van der Waals surface area contributed by atoms with Crippen LogP contribution in [0.1, 0.15) is 15.9 Å². The molecule has 0 saturated heterocycles. The largest absolute Gasteiger partial charge is 0.309 e. The van der Waals surface area contributed by atoms with E-state index in [4.69, 9.17) is 0 Å². The number of nitrogens with zero attached hydrogens (tertiary/aromatic N) is 1. The van der Waals surface area contributed by atoms with Crippen molar-refractivity contribution in [2.24, 2.45) is 0 Å². The molecule has 17 heavy (non-hydrogen) atoms. The van der Waals surface area contributed by atoms with Crippen LogP contribution in [-0.4, -0.2) is 36.7 Å². The highest BCUT2D eigenvalue weighted by molar-refractivity contribution is 9.09. The summed E-state index contributed by atoms with van der Waals surface area (Å²) >= 11 is 2.90. The molecule has 0 aliphatic heterocycles. The van der Waals surface area contributed by atoms with Crippen molar-refractivity contribution in [1.82, 2.24) is 4.90 Å². The van der Waals surface area contributed by atoms with E-state index in [1.807, 2.05) is 19.0 Å². The van der Waals surface area contributed by atoms with Gasteiger partial charge in [0.25, 0.3) is 0 Å². The number of ketones is 1. The van der Waals surface area contributed by atoms with Gasteiger partial charge in [-0.1, -0.05) is 15.9 Å². The van der Waals surface area contributed by atoms with Gasteiger partial charge in [-0.3, -0.25) is 4.79 Å². The number of halogens is 3. The lowest BCUT2D eigenvalue weighted by atomic mass is 10.0. The number of likely N-dealkylation sites (N-methyl/N-ethyl adjacent to an activating group) is 1. The zero-order valence-electron chi connectivity index (χ0n) is 9.77. The monoisotopic (exact) mass is 305 g/mol. The number of hydrogen-bond donors (Lipinski definition) is 0. The van der Waals surface area contributed by atoms with Crippen molar-refractivity contribution in [3.63, 3.8) is 0 Å². The summed E-state index contributed by atoms with van der Waals surface area (Å²) in [6.45, 7) is 0.699. The summed E-state index contributed by atoms with van der Waals surface area (Å²) < 4.78 is 27.2. The molecule has 0 aliphatic rings. The van der Waals surface area contributed by atoms with Crippen LogP contribution in [0.2, 0.25) is 0 Å². The van der Waals surface area contributed by atoms with Crippen LogP contribution in [0.3, 0.4) is 0 Å². The Balaban J connectivity index is 2.97. The second kappa shape index (κ2) is 6.21. The molecule has 0 saturated carbocycles. The number of alkyl halides is 1. The molecule has 94 valence electrons. The zero-order valence-corrected chi connectivity index (χ0v) is 11.4. The predicted molar refractivity (Wildman–Crippen MR) is 66.7 cm³/mol. The maximum Gasteiger partial charge on any atom is 0.179 e. The molecule has 0 unspecified atom stereocenters.